The maximum absolute atomic E-state index is 5.70. The van der Waals surface area contributed by atoms with Gasteiger partial charge in [-0.25, -0.2) is 4.98 Å². The van der Waals surface area contributed by atoms with Gasteiger partial charge in [0, 0.05) is 30.0 Å². The van der Waals surface area contributed by atoms with Gasteiger partial charge in [-0.3, -0.25) is 0 Å². The predicted molar refractivity (Wildman–Crippen MR) is 84.6 cm³/mol. The molecule has 21 heavy (non-hydrogen) atoms. The third-order valence-corrected chi connectivity index (χ3v) is 3.30. The van der Waals surface area contributed by atoms with Crippen molar-refractivity contribution in [3.05, 3.63) is 47.3 Å². The number of ether oxygens (including phenoxy) is 1. The lowest BCUT2D eigenvalue weighted by Crippen LogP contribution is -2.22. The third kappa shape index (κ3) is 4.53. The van der Waals surface area contributed by atoms with Crippen LogP contribution in [0.3, 0.4) is 0 Å². The van der Waals surface area contributed by atoms with Crippen LogP contribution in [0, 0.1) is 6.92 Å². The SMILES string of the molecule is CCc1ccc(Oc2ncc(CNC(C)C)c(C)n2)cc1. The highest BCUT2D eigenvalue weighted by molar-refractivity contribution is 5.29. The van der Waals surface area contributed by atoms with E-state index in [0.717, 1.165) is 30.0 Å². The van der Waals surface area contributed by atoms with Crippen molar-refractivity contribution in [2.75, 3.05) is 0 Å². The van der Waals surface area contributed by atoms with Crippen molar-refractivity contribution >= 4 is 0 Å². The molecular weight excluding hydrogens is 262 g/mol. The molecular formula is C17H23N3O. The standard InChI is InChI=1S/C17H23N3O/c1-5-14-6-8-16(9-7-14)21-17-19-11-15(13(4)20-17)10-18-12(2)3/h6-9,11-12,18H,5,10H2,1-4H3. The summed E-state index contributed by atoms with van der Waals surface area (Å²) in [5, 5.41) is 3.36. The lowest BCUT2D eigenvalue weighted by Gasteiger charge is -2.11. The predicted octanol–water partition coefficient (Wildman–Crippen LogP) is 3.64. The Kier molecular flexibility index (Phi) is 5.28. The van der Waals surface area contributed by atoms with Crippen LogP contribution in [0.2, 0.25) is 0 Å². The lowest BCUT2D eigenvalue weighted by atomic mass is 10.2. The van der Waals surface area contributed by atoms with E-state index < -0.39 is 0 Å². The van der Waals surface area contributed by atoms with Crippen molar-refractivity contribution in [1.82, 2.24) is 15.3 Å². The molecule has 0 spiro atoms. The number of hydrogen-bond acceptors (Lipinski definition) is 4. The number of hydrogen-bond donors (Lipinski definition) is 1. The van der Waals surface area contributed by atoms with E-state index in [1.807, 2.05) is 25.3 Å². The van der Waals surface area contributed by atoms with E-state index >= 15 is 0 Å². The smallest absolute Gasteiger partial charge is 0.322 e. The fraction of sp³-hybridized carbons (Fsp3) is 0.412. The Balaban J connectivity index is 2.05. The van der Waals surface area contributed by atoms with Crippen molar-refractivity contribution in [3.8, 4) is 11.8 Å². The van der Waals surface area contributed by atoms with E-state index in [2.05, 4.69) is 48.2 Å². The number of nitrogens with zero attached hydrogens (tertiary/aromatic N) is 2. The second-order valence-corrected chi connectivity index (χ2v) is 5.40. The molecule has 2 aromatic rings. The number of aromatic nitrogens is 2. The highest BCUT2D eigenvalue weighted by Gasteiger charge is 2.06. The molecule has 1 heterocycles. The van der Waals surface area contributed by atoms with E-state index in [1.54, 1.807) is 0 Å². The van der Waals surface area contributed by atoms with Gasteiger partial charge >= 0.3 is 6.01 Å². The molecule has 0 aliphatic carbocycles. The van der Waals surface area contributed by atoms with Crippen molar-refractivity contribution in [1.29, 1.82) is 0 Å². The van der Waals surface area contributed by atoms with E-state index in [-0.39, 0.29) is 0 Å². The van der Waals surface area contributed by atoms with Crippen LogP contribution in [0.5, 0.6) is 11.8 Å². The molecule has 112 valence electrons. The Morgan fingerprint density at radius 1 is 1.19 bits per heavy atom. The second kappa shape index (κ2) is 7.18. The monoisotopic (exact) mass is 285 g/mol. The molecule has 2 rings (SSSR count). The topological polar surface area (TPSA) is 47.0 Å². The molecule has 0 aliphatic heterocycles. The van der Waals surface area contributed by atoms with Gasteiger partial charge in [0.25, 0.3) is 0 Å². The molecule has 0 saturated heterocycles. The Hall–Kier alpha value is -1.94. The van der Waals surface area contributed by atoms with Gasteiger partial charge in [0.2, 0.25) is 0 Å². The minimum atomic E-state index is 0.394. The molecule has 0 amide bonds. The first-order valence-electron chi connectivity index (χ1n) is 7.41. The highest BCUT2D eigenvalue weighted by Crippen LogP contribution is 2.19. The van der Waals surface area contributed by atoms with Crippen molar-refractivity contribution in [2.24, 2.45) is 0 Å². The van der Waals surface area contributed by atoms with Crippen LogP contribution in [0.15, 0.2) is 30.5 Å². The summed E-state index contributed by atoms with van der Waals surface area (Å²) in [5.41, 5.74) is 3.32. The normalized spacial score (nSPS) is 10.9. The summed E-state index contributed by atoms with van der Waals surface area (Å²) >= 11 is 0. The zero-order chi connectivity index (χ0) is 15.2. The van der Waals surface area contributed by atoms with Crippen LogP contribution in [0.25, 0.3) is 0 Å². The molecule has 4 heteroatoms. The Morgan fingerprint density at radius 3 is 2.48 bits per heavy atom. The molecule has 0 aliphatic rings. The molecule has 4 nitrogen and oxygen atoms in total. The van der Waals surface area contributed by atoms with Crippen molar-refractivity contribution in [2.45, 2.75) is 46.7 Å². The number of aryl methyl sites for hydroxylation is 2. The summed E-state index contributed by atoms with van der Waals surface area (Å²) in [7, 11) is 0. The maximum atomic E-state index is 5.70. The number of nitrogens with one attached hydrogen (secondary N) is 1. The Morgan fingerprint density at radius 2 is 1.90 bits per heavy atom. The zero-order valence-corrected chi connectivity index (χ0v) is 13.2. The fourth-order valence-corrected chi connectivity index (χ4v) is 1.91. The van der Waals surface area contributed by atoms with Gasteiger partial charge in [-0.1, -0.05) is 32.9 Å². The average Bonchev–Trinajstić information content (AvgIpc) is 2.47. The van der Waals surface area contributed by atoms with Crippen LogP contribution in [0.1, 0.15) is 37.6 Å². The second-order valence-electron chi connectivity index (χ2n) is 5.40. The Bertz CT molecular complexity index is 579. The Labute approximate surface area is 126 Å². The number of benzene rings is 1. The van der Waals surface area contributed by atoms with E-state index in [9.17, 15) is 0 Å². The minimum absolute atomic E-state index is 0.394. The van der Waals surface area contributed by atoms with Gasteiger partial charge < -0.3 is 10.1 Å². The molecule has 0 saturated carbocycles. The summed E-state index contributed by atoms with van der Waals surface area (Å²) in [5.74, 6) is 0.764. The minimum Gasteiger partial charge on any atom is -0.424 e. The maximum Gasteiger partial charge on any atom is 0.322 e. The van der Waals surface area contributed by atoms with Crippen molar-refractivity contribution < 1.29 is 4.74 Å². The number of rotatable bonds is 6. The van der Waals surface area contributed by atoms with Crippen LogP contribution in [-0.4, -0.2) is 16.0 Å². The summed E-state index contributed by atoms with van der Waals surface area (Å²) in [6.07, 6.45) is 2.85. The van der Waals surface area contributed by atoms with Crippen LogP contribution < -0.4 is 10.1 Å². The highest BCUT2D eigenvalue weighted by atomic mass is 16.5. The summed E-state index contributed by atoms with van der Waals surface area (Å²) < 4.78 is 5.70. The van der Waals surface area contributed by atoms with Gasteiger partial charge in [-0.2, -0.15) is 4.98 Å². The largest absolute Gasteiger partial charge is 0.424 e. The van der Waals surface area contributed by atoms with Crippen molar-refractivity contribution in [3.63, 3.8) is 0 Å². The molecule has 1 N–H and O–H groups in total. The lowest BCUT2D eigenvalue weighted by molar-refractivity contribution is 0.438. The van der Waals surface area contributed by atoms with Gasteiger partial charge in [-0.05, 0) is 31.0 Å². The third-order valence-electron chi connectivity index (χ3n) is 3.30. The summed E-state index contributed by atoms with van der Waals surface area (Å²) in [4.78, 5) is 8.70. The van der Waals surface area contributed by atoms with Crippen LogP contribution >= 0.6 is 0 Å². The molecule has 1 aromatic heterocycles. The van der Waals surface area contributed by atoms with Gasteiger partial charge in [0.05, 0.1) is 0 Å². The van der Waals surface area contributed by atoms with E-state index in [0.29, 0.717) is 12.1 Å². The van der Waals surface area contributed by atoms with Gasteiger partial charge in [-0.15, -0.1) is 0 Å². The first-order chi connectivity index (χ1) is 10.1. The van der Waals surface area contributed by atoms with Crippen LogP contribution in [0.4, 0.5) is 0 Å². The first kappa shape index (κ1) is 15.4. The fourth-order valence-electron chi connectivity index (χ4n) is 1.91. The molecule has 0 bridgehead atoms. The molecule has 0 unspecified atom stereocenters. The zero-order valence-electron chi connectivity index (χ0n) is 13.2. The molecule has 0 fully saturated rings. The molecule has 0 radical (unpaired) electrons. The summed E-state index contributed by atoms with van der Waals surface area (Å²) in [6, 6.07) is 8.85. The van der Waals surface area contributed by atoms with E-state index in [4.69, 9.17) is 4.74 Å². The average molecular weight is 285 g/mol. The quantitative estimate of drug-likeness (QED) is 0.880. The first-order valence-corrected chi connectivity index (χ1v) is 7.41. The van der Waals surface area contributed by atoms with Gasteiger partial charge in [0.1, 0.15) is 5.75 Å². The van der Waals surface area contributed by atoms with Crippen LogP contribution in [-0.2, 0) is 13.0 Å². The van der Waals surface area contributed by atoms with Gasteiger partial charge in [0.15, 0.2) is 0 Å². The summed E-state index contributed by atoms with van der Waals surface area (Å²) in [6.45, 7) is 9.12. The van der Waals surface area contributed by atoms with E-state index in [1.165, 1.54) is 5.56 Å². The molecule has 0 atom stereocenters. The molecule has 1 aromatic carbocycles.